The summed E-state index contributed by atoms with van der Waals surface area (Å²) in [5, 5.41) is 6.23. The molecule has 28 heavy (non-hydrogen) atoms. The van der Waals surface area contributed by atoms with Crippen LogP contribution in [0.1, 0.15) is 12.5 Å². The molecule has 2 aromatic heterocycles. The zero-order chi connectivity index (χ0) is 19.3. The smallest absolute Gasteiger partial charge is 0.183 e. The van der Waals surface area contributed by atoms with Crippen molar-refractivity contribution in [2.45, 2.75) is 13.5 Å². The third-order valence-corrected chi connectivity index (χ3v) is 5.84. The van der Waals surface area contributed by atoms with Gasteiger partial charge in [0, 0.05) is 49.9 Å². The molecule has 0 bridgehead atoms. The molecule has 0 amide bonds. The molecule has 1 aliphatic rings. The molecule has 0 radical (unpaired) electrons. The van der Waals surface area contributed by atoms with E-state index in [2.05, 4.69) is 38.1 Å². The molecule has 0 spiro atoms. The van der Waals surface area contributed by atoms with Crippen LogP contribution in [-0.4, -0.2) is 47.6 Å². The lowest BCUT2D eigenvalue weighted by Gasteiger charge is -2.34. The number of likely N-dealkylation sites (N-methyl/N-ethyl adjacent to an activating group) is 1. The summed E-state index contributed by atoms with van der Waals surface area (Å²) in [6.45, 7) is 8.23. The Morgan fingerprint density at radius 1 is 1.11 bits per heavy atom. The molecular formula is C21H24FN5S. The van der Waals surface area contributed by atoms with E-state index in [1.54, 1.807) is 23.5 Å². The first-order chi connectivity index (χ1) is 13.7. The first kappa shape index (κ1) is 18.8. The van der Waals surface area contributed by atoms with E-state index < -0.39 is 0 Å². The van der Waals surface area contributed by atoms with E-state index in [1.165, 1.54) is 17.7 Å². The second-order valence-corrected chi connectivity index (χ2v) is 7.70. The molecule has 5 nitrogen and oxygen atoms in total. The van der Waals surface area contributed by atoms with Gasteiger partial charge in [0.25, 0.3) is 0 Å². The molecule has 3 aromatic rings. The summed E-state index contributed by atoms with van der Waals surface area (Å²) in [5.41, 5.74) is 2.96. The van der Waals surface area contributed by atoms with Gasteiger partial charge in [-0.3, -0.25) is 0 Å². The van der Waals surface area contributed by atoms with E-state index in [0.717, 1.165) is 54.9 Å². The van der Waals surface area contributed by atoms with Gasteiger partial charge in [0.05, 0.1) is 5.69 Å². The largest absolute Gasteiger partial charge is 0.357 e. The van der Waals surface area contributed by atoms with Crippen LogP contribution < -0.4 is 10.2 Å². The number of piperazine rings is 1. The van der Waals surface area contributed by atoms with Gasteiger partial charge in [0.1, 0.15) is 11.6 Å². The van der Waals surface area contributed by atoms with Crippen LogP contribution >= 0.6 is 11.3 Å². The number of nitrogens with one attached hydrogen (secondary N) is 1. The van der Waals surface area contributed by atoms with E-state index >= 15 is 0 Å². The quantitative estimate of drug-likeness (QED) is 0.678. The van der Waals surface area contributed by atoms with Crippen LogP contribution in [0.25, 0.3) is 11.3 Å². The monoisotopic (exact) mass is 397 g/mol. The minimum Gasteiger partial charge on any atom is -0.357 e. The highest BCUT2D eigenvalue weighted by Gasteiger charge is 2.16. The second kappa shape index (κ2) is 8.67. The van der Waals surface area contributed by atoms with Crippen molar-refractivity contribution in [3.05, 3.63) is 59.4 Å². The number of hydrogen-bond acceptors (Lipinski definition) is 6. The van der Waals surface area contributed by atoms with Crippen molar-refractivity contribution in [3.8, 4) is 11.3 Å². The standard InChI is InChI=1S/C21H24FN5S/c1-2-26-9-11-27(12-10-26)20-13-16(7-8-23-20)14-24-21-25-19(15-28-21)17-3-5-18(22)6-4-17/h3-8,13,15H,2,9-12,14H2,1H3,(H,24,25). The zero-order valence-electron chi connectivity index (χ0n) is 15.9. The Kier molecular flexibility index (Phi) is 5.83. The van der Waals surface area contributed by atoms with E-state index in [9.17, 15) is 4.39 Å². The van der Waals surface area contributed by atoms with Gasteiger partial charge in [0.15, 0.2) is 5.13 Å². The molecule has 0 atom stereocenters. The van der Waals surface area contributed by atoms with E-state index in [0.29, 0.717) is 6.54 Å². The van der Waals surface area contributed by atoms with Crippen molar-refractivity contribution in [1.29, 1.82) is 0 Å². The molecule has 4 rings (SSSR count). The van der Waals surface area contributed by atoms with Crippen LogP contribution in [-0.2, 0) is 6.54 Å². The zero-order valence-corrected chi connectivity index (χ0v) is 16.8. The maximum atomic E-state index is 13.1. The number of aromatic nitrogens is 2. The number of nitrogens with zero attached hydrogens (tertiary/aromatic N) is 4. The SMILES string of the molecule is CCN1CCN(c2cc(CNc3nc(-c4ccc(F)cc4)cs3)ccn2)CC1. The fraction of sp³-hybridized carbons (Fsp3) is 0.333. The molecule has 7 heteroatoms. The number of halogens is 1. The maximum absolute atomic E-state index is 13.1. The topological polar surface area (TPSA) is 44.3 Å². The Hall–Kier alpha value is -2.51. The van der Waals surface area contributed by atoms with Crippen molar-refractivity contribution >= 4 is 22.3 Å². The van der Waals surface area contributed by atoms with Crippen molar-refractivity contribution < 1.29 is 4.39 Å². The third-order valence-electron chi connectivity index (χ3n) is 5.04. The summed E-state index contributed by atoms with van der Waals surface area (Å²) < 4.78 is 13.1. The Labute approximate surface area is 168 Å². The number of pyridine rings is 1. The molecule has 1 aliphatic heterocycles. The van der Waals surface area contributed by atoms with Gasteiger partial charge in [-0.05, 0) is 48.5 Å². The molecule has 0 saturated carbocycles. The first-order valence-electron chi connectivity index (χ1n) is 9.59. The Morgan fingerprint density at radius 2 is 1.89 bits per heavy atom. The van der Waals surface area contributed by atoms with Crippen LogP contribution in [0, 0.1) is 5.82 Å². The number of thiazole rings is 1. The van der Waals surface area contributed by atoms with Crippen LogP contribution in [0.2, 0.25) is 0 Å². The molecular weight excluding hydrogens is 373 g/mol. The molecule has 0 unspecified atom stereocenters. The lowest BCUT2D eigenvalue weighted by atomic mass is 10.2. The fourth-order valence-corrected chi connectivity index (χ4v) is 4.04. The van der Waals surface area contributed by atoms with Crippen LogP contribution in [0.5, 0.6) is 0 Å². The normalized spacial score (nSPS) is 15.0. The Balaban J connectivity index is 1.37. The van der Waals surface area contributed by atoms with Crippen molar-refractivity contribution in [2.75, 3.05) is 42.9 Å². The highest BCUT2D eigenvalue weighted by molar-refractivity contribution is 7.14. The van der Waals surface area contributed by atoms with Gasteiger partial charge >= 0.3 is 0 Å². The predicted octanol–water partition coefficient (Wildman–Crippen LogP) is 4.10. The van der Waals surface area contributed by atoms with E-state index in [4.69, 9.17) is 0 Å². The number of hydrogen-bond donors (Lipinski definition) is 1. The van der Waals surface area contributed by atoms with Gasteiger partial charge in [0.2, 0.25) is 0 Å². The van der Waals surface area contributed by atoms with Gasteiger partial charge in [-0.1, -0.05) is 6.92 Å². The molecule has 0 aliphatic carbocycles. The number of rotatable bonds is 6. The summed E-state index contributed by atoms with van der Waals surface area (Å²) in [4.78, 5) is 14.0. The molecule has 1 aromatic carbocycles. The van der Waals surface area contributed by atoms with Crippen molar-refractivity contribution in [3.63, 3.8) is 0 Å². The highest BCUT2D eigenvalue weighted by Crippen LogP contribution is 2.25. The second-order valence-electron chi connectivity index (χ2n) is 6.84. The summed E-state index contributed by atoms with van der Waals surface area (Å²) in [5.74, 6) is 0.808. The minimum atomic E-state index is -0.234. The summed E-state index contributed by atoms with van der Waals surface area (Å²) in [7, 11) is 0. The van der Waals surface area contributed by atoms with Gasteiger partial charge < -0.3 is 15.1 Å². The lowest BCUT2D eigenvalue weighted by Crippen LogP contribution is -2.46. The maximum Gasteiger partial charge on any atom is 0.183 e. The Bertz CT molecular complexity index is 903. The summed E-state index contributed by atoms with van der Waals surface area (Å²) in [6.07, 6.45) is 1.88. The summed E-state index contributed by atoms with van der Waals surface area (Å²) >= 11 is 1.56. The van der Waals surface area contributed by atoms with E-state index in [1.807, 2.05) is 17.6 Å². The van der Waals surface area contributed by atoms with Crippen molar-refractivity contribution in [1.82, 2.24) is 14.9 Å². The number of anilines is 2. The molecule has 146 valence electrons. The average molecular weight is 398 g/mol. The highest BCUT2D eigenvalue weighted by atomic mass is 32.1. The van der Waals surface area contributed by atoms with Gasteiger partial charge in [-0.2, -0.15) is 0 Å². The van der Waals surface area contributed by atoms with Crippen molar-refractivity contribution in [2.24, 2.45) is 0 Å². The first-order valence-corrected chi connectivity index (χ1v) is 10.5. The molecule has 1 N–H and O–H groups in total. The van der Waals surface area contributed by atoms with Crippen LogP contribution in [0.15, 0.2) is 48.0 Å². The molecule has 1 saturated heterocycles. The molecule has 3 heterocycles. The predicted molar refractivity (Wildman–Crippen MR) is 113 cm³/mol. The van der Waals surface area contributed by atoms with Crippen LogP contribution in [0.3, 0.4) is 0 Å². The Morgan fingerprint density at radius 3 is 2.64 bits per heavy atom. The van der Waals surface area contributed by atoms with Gasteiger partial charge in [-0.15, -0.1) is 11.3 Å². The minimum absolute atomic E-state index is 0.234. The third kappa shape index (κ3) is 4.48. The lowest BCUT2D eigenvalue weighted by molar-refractivity contribution is 0.270. The van der Waals surface area contributed by atoms with Gasteiger partial charge in [-0.25, -0.2) is 14.4 Å². The van der Waals surface area contributed by atoms with E-state index in [-0.39, 0.29) is 5.82 Å². The average Bonchev–Trinajstić information content (AvgIpc) is 3.22. The van der Waals surface area contributed by atoms with Crippen LogP contribution in [0.4, 0.5) is 15.3 Å². The number of benzene rings is 1. The fourth-order valence-electron chi connectivity index (χ4n) is 3.32. The summed E-state index contributed by atoms with van der Waals surface area (Å²) in [6, 6.07) is 10.6. The molecule has 1 fully saturated rings.